The molecule has 1 aromatic rings. The minimum absolute atomic E-state index is 0.282. The average Bonchev–Trinajstić information content (AvgIpc) is 2.60. The van der Waals surface area contributed by atoms with Crippen molar-refractivity contribution < 1.29 is 9.50 Å². The van der Waals surface area contributed by atoms with Crippen LogP contribution < -0.4 is 5.32 Å². The third-order valence-corrected chi connectivity index (χ3v) is 3.82. The number of phenols is 1. The molecule has 0 bridgehead atoms. The fourth-order valence-electron chi connectivity index (χ4n) is 2.61. The Hall–Kier alpha value is -1.09. The Morgan fingerprint density at radius 3 is 2.82 bits per heavy atom. The summed E-state index contributed by atoms with van der Waals surface area (Å²) in [6, 6.07) is 5.06. The van der Waals surface area contributed by atoms with Gasteiger partial charge in [-0.3, -0.25) is 0 Å². The van der Waals surface area contributed by atoms with E-state index >= 15 is 0 Å². The lowest BCUT2D eigenvalue weighted by molar-refractivity contribution is 0.282. The maximum absolute atomic E-state index is 13.2. The highest BCUT2D eigenvalue weighted by Gasteiger charge is 2.33. The van der Waals surface area contributed by atoms with E-state index < -0.39 is 5.82 Å². The molecule has 1 unspecified atom stereocenters. The molecule has 0 amide bonds. The predicted octanol–water partition coefficient (Wildman–Crippen LogP) is 3.20. The summed E-state index contributed by atoms with van der Waals surface area (Å²) in [7, 11) is 0. The molecule has 1 aromatic carbocycles. The highest BCUT2D eigenvalue weighted by Crippen LogP contribution is 2.37. The molecule has 2 N–H and O–H groups in total. The van der Waals surface area contributed by atoms with Crippen LogP contribution in [0.5, 0.6) is 5.75 Å². The second-order valence-electron chi connectivity index (χ2n) is 5.60. The van der Waals surface area contributed by atoms with Crippen LogP contribution in [0.1, 0.15) is 38.7 Å². The van der Waals surface area contributed by atoms with Gasteiger partial charge in [0.1, 0.15) is 0 Å². The van der Waals surface area contributed by atoms with Gasteiger partial charge in [0.25, 0.3) is 0 Å². The summed E-state index contributed by atoms with van der Waals surface area (Å²) >= 11 is 0. The van der Waals surface area contributed by atoms with Crippen LogP contribution in [-0.4, -0.2) is 11.1 Å². The van der Waals surface area contributed by atoms with Gasteiger partial charge in [0, 0.05) is 12.6 Å². The Labute approximate surface area is 102 Å². The third kappa shape index (κ3) is 2.78. The van der Waals surface area contributed by atoms with E-state index in [1.165, 1.54) is 31.4 Å². The van der Waals surface area contributed by atoms with Crippen LogP contribution in [0.15, 0.2) is 18.2 Å². The molecule has 0 saturated heterocycles. The van der Waals surface area contributed by atoms with Crippen LogP contribution in [0, 0.1) is 11.2 Å². The number of benzene rings is 1. The number of nitrogens with one attached hydrogen (secondary N) is 1. The fraction of sp³-hybridized carbons (Fsp3) is 0.571. The van der Waals surface area contributed by atoms with Crippen molar-refractivity contribution in [3.63, 3.8) is 0 Å². The normalized spacial score (nSPS) is 22.9. The molecule has 0 heterocycles. The smallest absolute Gasteiger partial charge is 0.165 e. The minimum Gasteiger partial charge on any atom is -0.505 e. The van der Waals surface area contributed by atoms with Crippen molar-refractivity contribution in [1.82, 2.24) is 5.32 Å². The molecule has 0 radical (unpaired) electrons. The molecule has 3 heteroatoms. The van der Waals surface area contributed by atoms with Gasteiger partial charge in [0.15, 0.2) is 11.6 Å². The molecule has 1 aliphatic carbocycles. The number of hydrogen-bond acceptors (Lipinski definition) is 2. The van der Waals surface area contributed by atoms with Crippen LogP contribution >= 0.6 is 0 Å². The van der Waals surface area contributed by atoms with E-state index in [9.17, 15) is 4.39 Å². The Morgan fingerprint density at radius 2 is 2.24 bits per heavy atom. The van der Waals surface area contributed by atoms with Crippen LogP contribution in [0.3, 0.4) is 0 Å². The Morgan fingerprint density at radius 1 is 1.47 bits per heavy atom. The van der Waals surface area contributed by atoms with Gasteiger partial charge in [0.05, 0.1) is 0 Å². The molecule has 0 aromatic heterocycles. The highest BCUT2D eigenvalue weighted by molar-refractivity contribution is 5.27. The van der Waals surface area contributed by atoms with E-state index in [-0.39, 0.29) is 5.75 Å². The standard InChI is InChI=1S/C14H20FNO/c1-14(2)7-3-4-13(14)16-9-10-5-6-12(17)11(15)8-10/h5-6,8,13,16-17H,3-4,7,9H2,1-2H3. The number of phenolic OH excluding ortho intramolecular Hbond substituents is 1. The van der Waals surface area contributed by atoms with Crippen LogP contribution in [0.25, 0.3) is 0 Å². The largest absolute Gasteiger partial charge is 0.505 e. The molecular formula is C14H20FNO. The van der Waals surface area contributed by atoms with Gasteiger partial charge < -0.3 is 10.4 Å². The lowest BCUT2D eigenvalue weighted by Crippen LogP contribution is -2.37. The van der Waals surface area contributed by atoms with Crippen LogP contribution in [0.2, 0.25) is 0 Å². The lowest BCUT2D eigenvalue weighted by atomic mass is 9.87. The van der Waals surface area contributed by atoms with Crippen molar-refractivity contribution >= 4 is 0 Å². The van der Waals surface area contributed by atoms with Crippen molar-refractivity contribution in [3.05, 3.63) is 29.6 Å². The molecule has 1 aliphatic rings. The summed E-state index contributed by atoms with van der Waals surface area (Å²) in [6.07, 6.45) is 3.69. The van der Waals surface area contributed by atoms with Crippen molar-refractivity contribution in [3.8, 4) is 5.75 Å². The zero-order chi connectivity index (χ0) is 12.5. The van der Waals surface area contributed by atoms with Gasteiger partial charge in [-0.05, 0) is 36.0 Å². The third-order valence-electron chi connectivity index (χ3n) is 3.82. The molecule has 17 heavy (non-hydrogen) atoms. The van der Waals surface area contributed by atoms with E-state index in [2.05, 4.69) is 19.2 Å². The number of hydrogen-bond donors (Lipinski definition) is 2. The number of rotatable bonds is 3. The summed E-state index contributed by atoms with van der Waals surface area (Å²) in [6.45, 7) is 5.20. The summed E-state index contributed by atoms with van der Waals surface area (Å²) in [4.78, 5) is 0. The number of halogens is 1. The Kier molecular flexibility index (Phi) is 3.38. The second kappa shape index (κ2) is 4.65. The first-order valence-electron chi connectivity index (χ1n) is 6.20. The van der Waals surface area contributed by atoms with Gasteiger partial charge in [0.2, 0.25) is 0 Å². The van der Waals surface area contributed by atoms with Crippen molar-refractivity contribution in [2.45, 2.75) is 45.7 Å². The van der Waals surface area contributed by atoms with Crippen LogP contribution in [0.4, 0.5) is 4.39 Å². The average molecular weight is 237 g/mol. The van der Waals surface area contributed by atoms with E-state index in [1.807, 2.05) is 0 Å². The summed E-state index contributed by atoms with van der Waals surface area (Å²) in [5, 5.41) is 12.6. The second-order valence-corrected chi connectivity index (χ2v) is 5.60. The molecule has 0 aliphatic heterocycles. The topological polar surface area (TPSA) is 32.3 Å². The molecule has 1 atom stereocenters. The summed E-state index contributed by atoms with van der Waals surface area (Å²) in [5.41, 5.74) is 1.21. The van der Waals surface area contributed by atoms with Crippen molar-refractivity contribution in [1.29, 1.82) is 0 Å². The molecule has 1 saturated carbocycles. The molecular weight excluding hydrogens is 217 g/mol. The fourth-order valence-corrected chi connectivity index (χ4v) is 2.61. The predicted molar refractivity (Wildman–Crippen MR) is 66.3 cm³/mol. The zero-order valence-corrected chi connectivity index (χ0v) is 10.5. The van der Waals surface area contributed by atoms with Gasteiger partial charge >= 0.3 is 0 Å². The zero-order valence-electron chi connectivity index (χ0n) is 10.5. The molecule has 2 rings (SSSR count). The van der Waals surface area contributed by atoms with E-state index in [0.29, 0.717) is 18.0 Å². The monoisotopic (exact) mass is 237 g/mol. The van der Waals surface area contributed by atoms with Crippen LogP contribution in [-0.2, 0) is 6.54 Å². The summed E-state index contributed by atoms with van der Waals surface area (Å²) in [5.74, 6) is -0.829. The van der Waals surface area contributed by atoms with Gasteiger partial charge in [-0.15, -0.1) is 0 Å². The lowest BCUT2D eigenvalue weighted by Gasteiger charge is -2.28. The van der Waals surface area contributed by atoms with E-state index in [0.717, 1.165) is 5.56 Å². The van der Waals surface area contributed by atoms with Gasteiger partial charge in [-0.2, -0.15) is 0 Å². The Bertz CT molecular complexity index is 403. The number of aromatic hydroxyl groups is 1. The first kappa shape index (κ1) is 12.4. The van der Waals surface area contributed by atoms with E-state index in [1.54, 1.807) is 6.07 Å². The summed E-state index contributed by atoms with van der Waals surface area (Å²) < 4.78 is 13.2. The van der Waals surface area contributed by atoms with Gasteiger partial charge in [-0.25, -0.2) is 4.39 Å². The van der Waals surface area contributed by atoms with E-state index in [4.69, 9.17) is 5.11 Å². The minimum atomic E-state index is -0.546. The first-order chi connectivity index (χ1) is 7.99. The quantitative estimate of drug-likeness (QED) is 0.846. The molecule has 94 valence electrons. The Balaban J connectivity index is 1.96. The molecule has 2 nitrogen and oxygen atoms in total. The van der Waals surface area contributed by atoms with Crippen molar-refractivity contribution in [2.75, 3.05) is 0 Å². The molecule has 1 fully saturated rings. The SMILES string of the molecule is CC1(C)CCCC1NCc1ccc(O)c(F)c1. The molecule has 0 spiro atoms. The maximum Gasteiger partial charge on any atom is 0.165 e. The van der Waals surface area contributed by atoms with Crippen molar-refractivity contribution in [2.24, 2.45) is 5.41 Å². The maximum atomic E-state index is 13.2. The van der Waals surface area contributed by atoms with Gasteiger partial charge in [-0.1, -0.05) is 26.3 Å². The highest BCUT2D eigenvalue weighted by atomic mass is 19.1. The first-order valence-corrected chi connectivity index (χ1v) is 6.20.